The smallest absolute Gasteiger partial charge is 0.336 e. The quantitative estimate of drug-likeness (QED) is 0.375. The summed E-state index contributed by atoms with van der Waals surface area (Å²) in [5.41, 5.74) is 6.28. The molecular weight excluding hydrogens is 316 g/mol. The van der Waals surface area contributed by atoms with Crippen LogP contribution in [-0.2, 0) is 0 Å². The first-order chi connectivity index (χ1) is 11.4. The molecule has 0 spiro atoms. The predicted molar refractivity (Wildman–Crippen MR) is 87.4 cm³/mol. The average molecular weight is 334 g/mol. The summed E-state index contributed by atoms with van der Waals surface area (Å²) in [5, 5.41) is 9.16. The van der Waals surface area contributed by atoms with Crippen molar-refractivity contribution in [1.29, 1.82) is 0 Å². The topological polar surface area (TPSA) is 128 Å². The summed E-state index contributed by atoms with van der Waals surface area (Å²) in [4.78, 5) is 20.5. The van der Waals surface area contributed by atoms with Crippen molar-refractivity contribution in [1.82, 2.24) is 5.48 Å². The van der Waals surface area contributed by atoms with Crippen LogP contribution in [-0.4, -0.2) is 18.3 Å². The van der Waals surface area contributed by atoms with Crippen LogP contribution in [0, 0.1) is 0 Å². The average Bonchev–Trinajstić information content (AvgIpc) is 2.90. The molecule has 0 fully saturated rings. The van der Waals surface area contributed by atoms with Crippen LogP contribution in [0.15, 0.2) is 37.9 Å². The van der Waals surface area contributed by atoms with E-state index in [-0.39, 0.29) is 11.5 Å². The van der Waals surface area contributed by atoms with Gasteiger partial charge in [0.25, 0.3) is 0 Å². The summed E-state index contributed by atoms with van der Waals surface area (Å²) in [6, 6.07) is 5.86. The molecule has 2 amide bonds. The second kappa shape index (κ2) is 7.05. The highest BCUT2D eigenvalue weighted by Crippen LogP contribution is 2.38. The number of furan rings is 1. The maximum absolute atomic E-state index is 11.2. The van der Waals surface area contributed by atoms with Crippen LogP contribution >= 0.6 is 0 Å². The van der Waals surface area contributed by atoms with Crippen molar-refractivity contribution >= 4 is 28.0 Å². The summed E-state index contributed by atoms with van der Waals surface area (Å²) < 4.78 is 16.4. The number of hydroxylamine groups is 1. The maximum atomic E-state index is 11.2. The van der Waals surface area contributed by atoms with Crippen LogP contribution in [0.5, 0.6) is 5.75 Å². The van der Waals surface area contributed by atoms with E-state index in [2.05, 4.69) is 5.73 Å². The normalized spacial score (nSPS) is 10.5. The van der Waals surface area contributed by atoms with Crippen LogP contribution in [0.25, 0.3) is 21.9 Å². The number of nitrogens with one attached hydrogen (secondary N) is 1. The van der Waals surface area contributed by atoms with Gasteiger partial charge in [-0.2, -0.15) is 0 Å². The van der Waals surface area contributed by atoms with Gasteiger partial charge in [-0.3, -0.25) is 5.21 Å². The lowest BCUT2D eigenvalue weighted by molar-refractivity contribution is 0.169. The van der Waals surface area contributed by atoms with Crippen LogP contribution in [0.1, 0.15) is 25.5 Å². The minimum absolute atomic E-state index is 0.220. The Balaban J connectivity index is 0.000000368. The van der Waals surface area contributed by atoms with E-state index in [1.807, 2.05) is 19.9 Å². The molecule has 1 aromatic carbocycles. The van der Waals surface area contributed by atoms with Crippen molar-refractivity contribution in [2.24, 2.45) is 5.73 Å². The molecule has 4 N–H and O–H groups in total. The number of rotatable bonds is 2. The SMILES string of the molecule is COc1c(C(C)C)oc2cc3oc(=O)ccc3cc12.NC(=O)NO. The van der Waals surface area contributed by atoms with E-state index < -0.39 is 6.03 Å². The summed E-state index contributed by atoms with van der Waals surface area (Å²) >= 11 is 0. The molecule has 3 rings (SSSR count). The molecule has 2 aromatic heterocycles. The number of ether oxygens (including phenoxy) is 1. The first-order valence-electron chi connectivity index (χ1n) is 7.11. The van der Waals surface area contributed by atoms with Crippen LogP contribution in [0.3, 0.4) is 0 Å². The first-order valence-corrected chi connectivity index (χ1v) is 7.11. The Morgan fingerprint density at radius 1 is 1.25 bits per heavy atom. The van der Waals surface area contributed by atoms with Gasteiger partial charge in [0.1, 0.15) is 16.9 Å². The fourth-order valence-electron chi connectivity index (χ4n) is 2.25. The highest BCUT2D eigenvalue weighted by Gasteiger charge is 2.18. The number of primary amides is 1. The molecular formula is C16H18N2O6. The van der Waals surface area contributed by atoms with E-state index >= 15 is 0 Å². The van der Waals surface area contributed by atoms with Crippen LogP contribution in [0.4, 0.5) is 4.79 Å². The second-order valence-corrected chi connectivity index (χ2v) is 5.27. The number of carbonyl (C=O) groups is 1. The van der Waals surface area contributed by atoms with Crippen molar-refractivity contribution in [3.05, 3.63) is 40.4 Å². The zero-order valence-electron chi connectivity index (χ0n) is 13.5. The number of fused-ring (bicyclic) bond motifs is 2. The molecule has 0 aliphatic carbocycles. The molecule has 0 aliphatic heterocycles. The van der Waals surface area contributed by atoms with E-state index in [1.54, 1.807) is 19.2 Å². The van der Waals surface area contributed by atoms with Gasteiger partial charge in [0, 0.05) is 23.4 Å². The number of methoxy groups -OCH3 is 1. The number of amides is 2. The van der Waals surface area contributed by atoms with E-state index in [0.29, 0.717) is 11.2 Å². The van der Waals surface area contributed by atoms with Crippen molar-refractivity contribution in [3.63, 3.8) is 0 Å². The van der Waals surface area contributed by atoms with Gasteiger partial charge >= 0.3 is 11.7 Å². The molecule has 3 aromatic rings. The molecule has 24 heavy (non-hydrogen) atoms. The molecule has 128 valence electrons. The minimum atomic E-state index is -0.940. The van der Waals surface area contributed by atoms with Gasteiger partial charge < -0.3 is 19.3 Å². The van der Waals surface area contributed by atoms with Crippen molar-refractivity contribution in [2.45, 2.75) is 19.8 Å². The fraction of sp³-hybridized carbons (Fsp3) is 0.250. The van der Waals surface area contributed by atoms with Gasteiger partial charge in [-0.15, -0.1) is 0 Å². The zero-order valence-corrected chi connectivity index (χ0v) is 13.5. The Morgan fingerprint density at radius 2 is 1.92 bits per heavy atom. The molecule has 8 nitrogen and oxygen atoms in total. The van der Waals surface area contributed by atoms with Crippen LogP contribution in [0.2, 0.25) is 0 Å². The number of hydrogen-bond donors (Lipinski definition) is 3. The molecule has 0 radical (unpaired) electrons. The maximum Gasteiger partial charge on any atom is 0.336 e. The number of carbonyl (C=O) groups excluding carboxylic acids is 1. The van der Waals surface area contributed by atoms with E-state index in [9.17, 15) is 9.59 Å². The number of hydrogen-bond acceptors (Lipinski definition) is 6. The third-order valence-corrected chi connectivity index (χ3v) is 3.25. The van der Waals surface area contributed by atoms with Gasteiger partial charge in [-0.25, -0.2) is 15.1 Å². The Bertz CT molecular complexity index is 925. The molecule has 0 unspecified atom stereocenters. The molecule has 8 heteroatoms. The van der Waals surface area contributed by atoms with Gasteiger partial charge in [0.15, 0.2) is 5.75 Å². The Hall–Kier alpha value is -3.00. The van der Waals surface area contributed by atoms with Gasteiger partial charge in [0.2, 0.25) is 0 Å². The first kappa shape index (κ1) is 17.4. The summed E-state index contributed by atoms with van der Waals surface area (Å²) in [6.45, 7) is 4.08. The lowest BCUT2D eigenvalue weighted by atomic mass is 10.1. The van der Waals surface area contributed by atoms with Crippen molar-refractivity contribution in [3.8, 4) is 5.75 Å². The Kier molecular flexibility index (Phi) is 5.10. The summed E-state index contributed by atoms with van der Waals surface area (Å²) in [7, 11) is 1.63. The van der Waals surface area contributed by atoms with Crippen LogP contribution < -0.4 is 21.6 Å². The van der Waals surface area contributed by atoms with Gasteiger partial charge in [-0.05, 0) is 12.1 Å². The van der Waals surface area contributed by atoms with Crippen molar-refractivity contribution in [2.75, 3.05) is 7.11 Å². The van der Waals surface area contributed by atoms with Gasteiger partial charge in [-0.1, -0.05) is 13.8 Å². The molecule has 0 saturated heterocycles. The van der Waals surface area contributed by atoms with E-state index in [1.165, 1.54) is 11.5 Å². The Labute approximate surface area is 136 Å². The molecule has 0 saturated carbocycles. The molecule has 2 heterocycles. The lowest BCUT2D eigenvalue weighted by Gasteiger charge is -2.03. The van der Waals surface area contributed by atoms with E-state index in [4.69, 9.17) is 18.8 Å². The number of benzene rings is 1. The van der Waals surface area contributed by atoms with Crippen molar-refractivity contribution < 1.29 is 23.6 Å². The summed E-state index contributed by atoms with van der Waals surface area (Å²) in [6.07, 6.45) is 0. The fourth-order valence-corrected chi connectivity index (χ4v) is 2.25. The summed E-state index contributed by atoms with van der Waals surface area (Å²) in [5.74, 6) is 1.77. The van der Waals surface area contributed by atoms with E-state index in [0.717, 1.165) is 22.3 Å². The highest BCUT2D eigenvalue weighted by molar-refractivity contribution is 5.97. The molecule has 0 atom stereocenters. The molecule has 0 aliphatic rings. The number of nitrogens with two attached hydrogens (primary N) is 1. The zero-order chi connectivity index (χ0) is 17.9. The van der Waals surface area contributed by atoms with Gasteiger partial charge in [0.05, 0.1) is 12.5 Å². The minimum Gasteiger partial charge on any atom is -0.492 e. The standard InChI is InChI=1S/C15H14O4.CH4N2O2/c1-8(2)14-15(17-3)10-6-9-4-5-13(16)18-11(9)7-12(10)19-14;2-1(4)3-5/h4-8H,1-3H3;5H,(H3,2,3,4). The largest absolute Gasteiger partial charge is 0.492 e. The lowest BCUT2D eigenvalue weighted by Crippen LogP contribution is -2.25. The monoisotopic (exact) mass is 334 g/mol. The number of urea groups is 1. The highest BCUT2D eigenvalue weighted by atomic mass is 16.5. The molecule has 0 bridgehead atoms. The second-order valence-electron chi connectivity index (χ2n) is 5.27. The Morgan fingerprint density at radius 3 is 2.46 bits per heavy atom. The third-order valence-electron chi connectivity index (χ3n) is 3.25. The predicted octanol–water partition coefficient (Wildman–Crippen LogP) is 2.72. The third kappa shape index (κ3) is 3.49.